The van der Waals surface area contributed by atoms with Crippen LogP contribution < -0.4 is 5.32 Å². The van der Waals surface area contributed by atoms with E-state index in [0.717, 1.165) is 16.1 Å². The largest absolute Gasteiger partial charge is 0.320 e. The van der Waals surface area contributed by atoms with Crippen LogP contribution in [0.3, 0.4) is 0 Å². The molecule has 1 aromatic heterocycles. The number of thiazole rings is 1. The zero-order chi connectivity index (χ0) is 23.4. The molecule has 0 spiro atoms. The zero-order valence-corrected chi connectivity index (χ0v) is 20.0. The number of rotatable bonds is 7. The van der Waals surface area contributed by atoms with Crippen LogP contribution >= 0.6 is 11.3 Å². The number of halogens is 1. The highest BCUT2D eigenvalue weighted by Crippen LogP contribution is 2.32. The smallest absolute Gasteiger partial charge is 0.275 e. The summed E-state index contributed by atoms with van der Waals surface area (Å²) in [7, 11) is -3.18. The molecular formula is C24H26FN3O3S2. The van der Waals surface area contributed by atoms with Crippen LogP contribution in [0.4, 0.5) is 10.1 Å². The van der Waals surface area contributed by atoms with E-state index >= 15 is 0 Å². The third kappa shape index (κ3) is 5.48. The Labute approximate surface area is 197 Å². The number of nitrogens with one attached hydrogen (secondary N) is 1. The molecule has 1 saturated heterocycles. The van der Waals surface area contributed by atoms with Crippen LogP contribution in [0.15, 0.2) is 53.9 Å². The molecule has 1 aliphatic rings. The maximum atomic E-state index is 13.3. The zero-order valence-electron chi connectivity index (χ0n) is 18.3. The Kier molecular flexibility index (Phi) is 7.21. The minimum absolute atomic E-state index is 0.149. The van der Waals surface area contributed by atoms with Gasteiger partial charge in [-0.1, -0.05) is 37.3 Å². The van der Waals surface area contributed by atoms with Gasteiger partial charge in [0.15, 0.2) is 0 Å². The molecule has 1 N–H and O–H groups in total. The lowest BCUT2D eigenvalue weighted by Gasteiger charge is -2.30. The van der Waals surface area contributed by atoms with E-state index in [0.29, 0.717) is 43.7 Å². The van der Waals surface area contributed by atoms with Crippen molar-refractivity contribution in [3.63, 3.8) is 0 Å². The van der Waals surface area contributed by atoms with Gasteiger partial charge in [0, 0.05) is 35.6 Å². The van der Waals surface area contributed by atoms with Crippen molar-refractivity contribution >= 4 is 33.0 Å². The van der Waals surface area contributed by atoms with E-state index in [1.165, 1.54) is 23.5 Å². The molecule has 0 unspecified atom stereocenters. The number of piperidine rings is 1. The van der Waals surface area contributed by atoms with Gasteiger partial charge in [-0.3, -0.25) is 4.79 Å². The lowest BCUT2D eigenvalue weighted by Crippen LogP contribution is -2.39. The fourth-order valence-corrected chi connectivity index (χ4v) is 6.52. The molecule has 1 aliphatic heterocycles. The number of benzene rings is 2. The van der Waals surface area contributed by atoms with Crippen molar-refractivity contribution < 1.29 is 17.6 Å². The number of sulfonamides is 1. The van der Waals surface area contributed by atoms with Crippen LogP contribution in [0.25, 0.3) is 11.1 Å². The fourth-order valence-electron chi connectivity index (χ4n) is 4.01. The molecule has 174 valence electrons. The molecule has 1 amide bonds. The summed E-state index contributed by atoms with van der Waals surface area (Å²) in [4.78, 5) is 17.4. The molecule has 4 rings (SSSR count). The number of aromatic nitrogens is 1. The first-order valence-electron chi connectivity index (χ1n) is 11.0. The quantitative estimate of drug-likeness (QED) is 0.502. The highest BCUT2D eigenvalue weighted by atomic mass is 32.2. The monoisotopic (exact) mass is 487 g/mol. The van der Waals surface area contributed by atoms with E-state index in [-0.39, 0.29) is 23.4 Å². The van der Waals surface area contributed by atoms with Gasteiger partial charge in [0.25, 0.3) is 5.91 Å². The maximum Gasteiger partial charge on any atom is 0.275 e. The predicted molar refractivity (Wildman–Crippen MR) is 130 cm³/mol. The molecule has 2 heterocycles. The average molecular weight is 488 g/mol. The molecule has 33 heavy (non-hydrogen) atoms. The summed E-state index contributed by atoms with van der Waals surface area (Å²) in [6.07, 6.45) is 2.01. The second-order valence-electron chi connectivity index (χ2n) is 8.07. The number of hydrogen-bond acceptors (Lipinski definition) is 5. The molecular weight excluding hydrogens is 461 g/mol. The van der Waals surface area contributed by atoms with Crippen LogP contribution in [0, 0.1) is 5.82 Å². The molecule has 2 aromatic carbocycles. The first-order valence-corrected chi connectivity index (χ1v) is 13.5. The first kappa shape index (κ1) is 23.5. The van der Waals surface area contributed by atoms with Gasteiger partial charge in [-0.25, -0.2) is 22.1 Å². The molecule has 1 fully saturated rings. The normalized spacial score (nSPS) is 15.5. The van der Waals surface area contributed by atoms with E-state index in [1.807, 2.05) is 25.1 Å². The summed E-state index contributed by atoms with van der Waals surface area (Å²) >= 11 is 1.43. The molecule has 6 nitrogen and oxygen atoms in total. The van der Waals surface area contributed by atoms with E-state index < -0.39 is 10.0 Å². The Hall–Kier alpha value is -2.62. The number of amides is 1. The minimum atomic E-state index is -3.18. The summed E-state index contributed by atoms with van der Waals surface area (Å²) in [5.41, 5.74) is 2.56. The van der Waals surface area contributed by atoms with Gasteiger partial charge in [0.1, 0.15) is 11.5 Å². The van der Waals surface area contributed by atoms with Gasteiger partial charge < -0.3 is 5.32 Å². The van der Waals surface area contributed by atoms with Crippen molar-refractivity contribution in [2.24, 2.45) is 0 Å². The molecule has 9 heteroatoms. The second kappa shape index (κ2) is 10.1. The Morgan fingerprint density at radius 3 is 2.55 bits per heavy atom. The van der Waals surface area contributed by atoms with Crippen LogP contribution in [0.1, 0.15) is 47.6 Å². The van der Waals surface area contributed by atoms with Gasteiger partial charge in [0.05, 0.1) is 10.8 Å². The maximum absolute atomic E-state index is 13.3. The number of carbonyl (C=O) groups excluding carboxylic acids is 1. The van der Waals surface area contributed by atoms with Crippen molar-refractivity contribution in [1.82, 2.24) is 9.29 Å². The standard InChI is InChI=1S/C24H26FN3O3S2/c1-2-15-33(30,31)28-13-11-18(12-14-28)24-27-22(16-32-24)23(29)26-21-6-4-3-5-20(21)17-7-9-19(25)10-8-17/h3-10,16,18H,2,11-15H2,1H3,(H,26,29). The first-order chi connectivity index (χ1) is 15.9. The molecule has 0 atom stereocenters. The highest BCUT2D eigenvalue weighted by Gasteiger charge is 2.29. The number of hydrogen-bond donors (Lipinski definition) is 1. The minimum Gasteiger partial charge on any atom is -0.320 e. The predicted octanol–water partition coefficient (Wildman–Crippen LogP) is 5.12. The van der Waals surface area contributed by atoms with E-state index in [1.54, 1.807) is 27.9 Å². The van der Waals surface area contributed by atoms with E-state index in [4.69, 9.17) is 0 Å². The van der Waals surface area contributed by atoms with Crippen LogP contribution in [-0.2, 0) is 10.0 Å². The topological polar surface area (TPSA) is 79.4 Å². The van der Waals surface area contributed by atoms with Gasteiger partial charge >= 0.3 is 0 Å². The number of nitrogens with zero attached hydrogens (tertiary/aromatic N) is 2. The van der Waals surface area contributed by atoms with Gasteiger partial charge in [0.2, 0.25) is 10.0 Å². The molecule has 0 bridgehead atoms. The Bertz CT molecular complexity index is 1220. The molecule has 0 saturated carbocycles. The van der Waals surface area contributed by atoms with Crippen LogP contribution in [0.2, 0.25) is 0 Å². The lowest BCUT2D eigenvalue weighted by atomic mass is 9.99. The van der Waals surface area contributed by atoms with E-state index in [2.05, 4.69) is 10.3 Å². The summed E-state index contributed by atoms with van der Waals surface area (Å²) in [6.45, 7) is 2.84. The molecule has 0 aliphatic carbocycles. The van der Waals surface area contributed by atoms with Gasteiger partial charge in [-0.2, -0.15) is 0 Å². The van der Waals surface area contributed by atoms with Crippen molar-refractivity contribution in [3.05, 3.63) is 70.4 Å². The lowest BCUT2D eigenvalue weighted by molar-refractivity contribution is 0.102. The summed E-state index contributed by atoms with van der Waals surface area (Å²) in [5, 5.41) is 5.52. The Morgan fingerprint density at radius 1 is 1.15 bits per heavy atom. The van der Waals surface area contributed by atoms with Crippen molar-refractivity contribution in [3.8, 4) is 11.1 Å². The summed E-state index contributed by atoms with van der Waals surface area (Å²) < 4.78 is 39.4. The van der Waals surface area contributed by atoms with Gasteiger partial charge in [-0.05, 0) is 43.0 Å². The Morgan fingerprint density at radius 2 is 1.85 bits per heavy atom. The van der Waals surface area contributed by atoms with Gasteiger partial charge in [-0.15, -0.1) is 11.3 Å². The Balaban J connectivity index is 1.43. The number of anilines is 1. The highest BCUT2D eigenvalue weighted by molar-refractivity contribution is 7.89. The van der Waals surface area contributed by atoms with Crippen molar-refractivity contribution in [2.45, 2.75) is 32.1 Å². The fraction of sp³-hybridized carbons (Fsp3) is 0.333. The van der Waals surface area contributed by atoms with E-state index in [9.17, 15) is 17.6 Å². The number of carbonyl (C=O) groups is 1. The van der Waals surface area contributed by atoms with Crippen molar-refractivity contribution in [1.29, 1.82) is 0 Å². The van der Waals surface area contributed by atoms with Crippen LogP contribution in [-0.4, -0.2) is 42.5 Å². The summed E-state index contributed by atoms with van der Waals surface area (Å²) in [6, 6.07) is 13.5. The van der Waals surface area contributed by atoms with Crippen molar-refractivity contribution in [2.75, 3.05) is 24.2 Å². The third-order valence-electron chi connectivity index (χ3n) is 5.74. The average Bonchev–Trinajstić information content (AvgIpc) is 3.31. The van der Waals surface area contributed by atoms with Crippen LogP contribution in [0.5, 0.6) is 0 Å². The number of para-hydroxylation sites is 1. The molecule has 3 aromatic rings. The third-order valence-corrected chi connectivity index (χ3v) is 8.83. The summed E-state index contributed by atoms with van der Waals surface area (Å²) in [5.74, 6) is -0.297. The second-order valence-corrected chi connectivity index (χ2v) is 11.0. The molecule has 0 radical (unpaired) electrons. The SMILES string of the molecule is CCCS(=O)(=O)N1CCC(c2nc(C(=O)Nc3ccccc3-c3ccc(F)cc3)cs2)CC1.